The summed E-state index contributed by atoms with van der Waals surface area (Å²) in [5.41, 5.74) is 0. The van der Waals surface area contributed by atoms with Gasteiger partial charge < -0.3 is 10.2 Å². The molecule has 1 fully saturated rings. The number of hydrogen-bond donors (Lipinski definition) is 1. The van der Waals surface area contributed by atoms with E-state index in [0.717, 1.165) is 30.2 Å². The third-order valence-electron chi connectivity index (χ3n) is 3.82. The van der Waals surface area contributed by atoms with Crippen LogP contribution in [-0.2, 0) is 4.79 Å². The van der Waals surface area contributed by atoms with Crippen LogP contribution in [0.25, 0.3) is 10.8 Å². The van der Waals surface area contributed by atoms with E-state index in [-0.39, 0.29) is 11.9 Å². The average Bonchev–Trinajstić information content (AvgIpc) is 2.96. The number of amides is 1. The summed E-state index contributed by atoms with van der Waals surface area (Å²) < 4.78 is 0. The molecule has 7 heteroatoms. The minimum absolute atomic E-state index is 0.119. The lowest BCUT2D eigenvalue weighted by atomic mass is 10.2. The zero-order valence-electron chi connectivity index (χ0n) is 11.7. The first kappa shape index (κ1) is 14.0. The van der Waals surface area contributed by atoms with E-state index in [2.05, 4.69) is 20.5 Å². The first-order valence-corrected chi connectivity index (χ1v) is 7.31. The summed E-state index contributed by atoms with van der Waals surface area (Å²) in [6, 6.07) is 2.02. The maximum Gasteiger partial charge on any atom is 0.219 e. The largest absolute Gasteiger partial charge is 0.366 e. The number of nitrogens with one attached hydrogen (secondary N) is 1. The van der Waals surface area contributed by atoms with Crippen molar-refractivity contribution in [3.63, 3.8) is 0 Å². The van der Waals surface area contributed by atoms with Crippen LogP contribution in [-0.4, -0.2) is 45.1 Å². The number of halogens is 1. The van der Waals surface area contributed by atoms with Crippen molar-refractivity contribution in [1.82, 2.24) is 20.1 Å². The fraction of sp³-hybridized carbons (Fsp3) is 0.429. The van der Waals surface area contributed by atoms with E-state index in [0.29, 0.717) is 17.5 Å². The summed E-state index contributed by atoms with van der Waals surface area (Å²) in [6.45, 7) is 3.09. The third kappa shape index (κ3) is 2.76. The van der Waals surface area contributed by atoms with Gasteiger partial charge in [0.25, 0.3) is 0 Å². The number of anilines is 1. The lowest BCUT2D eigenvalue weighted by molar-refractivity contribution is -0.129. The molecule has 2 aromatic heterocycles. The lowest BCUT2D eigenvalue weighted by Gasteiger charge is -2.23. The predicted octanol–water partition coefficient (Wildman–Crippen LogP) is 2.10. The molecule has 0 saturated carbocycles. The molecule has 3 heterocycles. The molecule has 0 aliphatic carbocycles. The van der Waals surface area contributed by atoms with Gasteiger partial charge in [-0.3, -0.25) is 9.78 Å². The van der Waals surface area contributed by atoms with Crippen LogP contribution in [0, 0.1) is 0 Å². The topological polar surface area (TPSA) is 71.0 Å². The second-order valence-corrected chi connectivity index (χ2v) is 5.51. The highest BCUT2D eigenvalue weighted by Crippen LogP contribution is 2.25. The summed E-state index contributed by atoms with van der Waals surface area (Å²) >= 11 is 6.04. The highest BCUT2D eigenvalue weighted by Gasteiger charge is 2.26. The Morgan fingerprint density at radius 1 is 1.48 bits per heavy atom. The van der Waals surface area contributed by atoms with Crippen LogP contribution in [0.3, 0.4) is 0 Å². The Labute approximate surface area is 127 Å². The monoisotopic (exact) mass is 305 g/mol. The van der Waals surface area contributed by atoms with Gasteiger partial charge in [0.2, 0.25) is 5.91 Å². The Bertz CT molecular complexity index is 677. The minimum Gasteiger partial charge on any atom is -0.366 e. The molecular weight excluding hydrogens is 290 g/mol. The Kier molecular flexibility index (Phi) is 3.88. The maximum absolute atomic E-state index is 11.6. The van der Waals surface area contributed by atoms with E-state index in [1.165, 1.54) is 0 Å². The molecule has 6 nitrogen and oxygen atoms in total. The fourth-order valence-corrected chi connectivity index (χ4v) is 2.97. The quantitative estimate of drug-likeness (QED) is 0.940. The van der Waals surface area contributed by atoms with Crippen LogP contribution in [0.2, 0.25) is 5.15 Å². The van der Waals surface area contributed by atoms with Gasteiger partial charge in [-0.1, -0.05) is 11.6 Å². The van der Waals surface area contributed by atoms with Crippen molar-refractivity contribution >= 4 is 34.1 Å². The van der Waals surface area contributed by atoms with Crippen molar-refractivity contribution < 1.29 is 4.79 Å². The van der Waals surface area contributed by atoms with Gasteiger partial charge in [-0.25, -0.2) is 0 Å². The van der Waals surface area contributed by atoms with Gasteiger partial charge in [0.05, 0.1) is 0 Å². The molecule has 1 aliphatic heterocycles. The summed E-state index contributed by atoms with van der Waals surface area (Å²) in [4.78, 5) is 17.6. The van der Waals surface area contributed by atoms with E-state index in [1.54, 1.807) is 19.3 Å². The van der Waals surface area contributed by atoms with Gasteiger partial charge >= 0.3 is 0 Å². The Morgan fingerprint density at radius 3 is 3.14 bits per heavy atom. The lowest BCUT2D eigenvalue weighted by Crippen LogP contribution is -2.38. The van der Waals surface area contributed by atoms with Gasteiger partial charge in [0, 0.05) is 49.2 Å². The summed E-state index contributed by atoms with van der Waals surface area (Å²) in [7, 11) is 0. The highest BCUT2D eigenvalue weighted by atomic mass is 35.5. The van der Waals surface area contributed by atoms with E-state index < -0.39 is 0 Å². The molecule has 1 unspecified atom stereocenters. The summed E-state index contributed by atoms with van der Waals surface area (Å²) in [5.74, 6) is 0.769. The number of pyridine rings is 1. The molecule has 1 N–H and O–H groups in total. The molecule has 2 aromatic rings. The van der Waals surface area contributed by atoms with E-state index >= 15 is 0 Å². The van der Waals surface area contributed by atoms with Crippen molar-refractivity contribution in [2.75, 3.05) is 18.4 Å². The van der Waals surface area contributed by atoms with E-state index in [4.69, 9.17) is 11.6 Å². The van der Waals surface area contributed by atoms with Crippen molar-refractivity contribution in [3.8, 4) is 0 Å². The Hall–Kier alpha value is -1.95. The number of nitrogens with zero attached hydrogens (tertiary/aromatic N) is 4. The molecule has 1 atom stereocenters. The maximum atomic E-state index is 11.6. The molecule has 1 saturated heterocycles. The zero-order valence-corrected chi connectivity index (χ0v) is 12.5. The molecule has 0 spiro atoms. The second kappa shape index (κ2) is 5.81. The minimum atomic E-state index is 0.119. The van der Waals surface area contributed by atoms with Crippen LogP contribution in [0.5, 0.6) is 0 Å². The molecule has 1 aliphatic rings. The van der Waals surface area contributed by atoms with Gasteiger partial charge in [-0.05, 0) is 18.9 Å². The number of carbonyl (C=O) groups is 1. The number of likely N-dealkylation sites (tertiary alicyclic amines) is 1. The first-order valence-electron chi connectivity index (χ1n) is 6.94. The third-order valence-corrected chi connectivity index (χ3v) is 4.10. The molecule has 0 bridgehead atoms. The van der Waals surface area contributed by atoms with Crippen molar-refractivity contribution in [1.29, 1.82) is 0 Å². The van der Waals surface area contributed by atoms with Crippen LogP contribution < -0.4 is 5.32 Å². The van der Waals surface area contributed by atoms with Gasteiger partial charge in [-0.15, -0.1) is 10.2 Å². The van der Waals surface area contributed by atoms with Crippen LogP contribution >= 0.6 is 11.6 Å². The normalized spacial score (nSPS) is 18.2. The standard InChI is InChI=1S/C14H16ClN5O/c1-9(21)20-6-2-3-10(20)7-17-14-12-8-16-5-4-11(12)13(15)18-19-14/h4-5,8,10H,2-3,6-7H2,1H3,(H,17,19). The zero-order chi connectivity index (χ0) is 14.8. The number of fused-ring (bicyclic) bond motifs is 1. The molecule has 21 heavy (non-hydrogen) atoms. The van der Waals surface area contributed by atoms with E-state index in [1.807, 2.05) is 11.0 Å². The number of carbonyl (C=O) groups excluding carboxylic acids is 1. The average molecular weight is 306 g/mol. The number of aromatic nitrogens is 3. The fourth-order valence-electron chi connectivity index (χ4n) is 2.77. The van der Waals surface area contributed by atoms with Crippen LogP contribution in [0.1, 0.15) is 19.8 Å². The number of rotatable bonds is 3. The Morgan fingerprint density at radius 2 is 2.33 bits per heavy atom. The van der Waals surface area contributed by atoms with Crippen molar-refractivity contribution in [3.05, 3.63) is 23.6 Å². The molecule has 3 rings (SSSR count). The predicted molar refractivity (Wildman–Crippen MR) is 81.2 cm³/mol. The second-order valence-electron chi connectivity index (χ2n) is 5.15. The van der Waals surface area contributed by atoms with Crippen LogP contribution in [0.4, 0.5) is 5.82 Å². The van der Waals surface area contributed by atoms with Gasteiger partial charge in [0.15, 0.2) is 11.0 Å². The molecule has 0 aromatic carbocycles. The van der Waals surface area contributed by atoms with Gasteiger partial charge in [-0.2, -0.15) is 0 Å². The molecular formula is C14H16ClN5O. The summed E-state index contributed by atoms with van der Waals surface area (Å²) in [5, 5.41) is 13.3. The van der Waals surface area contributed by atoms with E-state index in [9.17, 15) is 4.79 Å². The molecule has 0 radical (unpaired) electrons. The smallest absolute Gasteiger partial charge is 0.219 e. The van der Waals surface area contributed by atoms with Crippen molar-refractivity contribution in [2.45, 2.75) is 25.8 Å². The first-order chi connectivity index (χ1) is 10.2. The SMILES string of the molecule is CC(=O)N1CCCC1CNc1nnc(Cl)c2ccncc12. The van der Waals surface area contributed by atoms with Gasteiger partial charge in [0.1, 0.15) is 0 Å². The highest BCUT2D eigenvalue weighted by molar-refractivity contribution is 6.34. The number of hydrogen-bond acceptors (Lipinski definition) is 5. The molecule has 1 amide bonds. The Balaban J connectivity index is 1.80. The molecule has 110 valence electrons. The summed E-state index contributed by atoms with van der Waals surface area (Å²) in [6.07, 6.45) is 5.44. The van der Waals surface area contributed by atoms with Crippen LogP contribution in [0.15, 0.2) is 18.5 Å². The van der Waals surface area contributed by atoms with Crippen molar-refractivity contribution in [2.24, 2.45) is 0 Å².